The lowest BCUT2D eigenvalue weighted by molar-refractivity contribution is 0.103. The molecule has 2 rings (SSSR count). The average Bonchev–Trinajstić information content (AvgIpc) is 2.46. The molecule has 1 nitrogen and oxygen atoms in total. The third-order valence-electron chi connectivity index (χ3n) is 3.90. The number of carbonyl (C=O) groups is 1. The minimum absolute atomic E-state index is 0.0622. The maximum atomic E-state index is 12.4. The predicted octanol–water partition coefficient (Wildman–Crippen LogP) is 5.37. The fourth-order valence-electron chi connectivity index (χ4n) is 2.07. The largest absolute Gasteiger partial charge is 0.289 e. The van der Waals surface area contributed by atoms with E-state index in [0.717, 1.165) is 16.5 Å². The Morgan fingerprint density at radius 1 is 1.05 bits per heavy atom. The monoisotopic (exact) mass is 330 g/mol. The van der Waals surface area contributed by atoms with Crippen molar-refractivity contribution in [2.24, 2.45) is 0 Å². The second kappa shape index (κ2) is 5.92. The van der Waals surface area contributed by atoms with Crippen LogP contribution in [-0.2, 0) is 5.41 Å². The number of carbonyl (C=O) groups excluding carboxylic acids is 1. The van der Waals surface area contributed by atoms with E-state index in [1.54, 1.807) is 0 Å². The van der Waals surface area contributed by atoms with Crippen LogP contribution in [0.5, 0.6) is 0 Å². The Labute approximate surface area is 129 Å². The van der Waals surface area contributed by atoms with Crippen LogP contribution in [0.25, 0.3) is 0 Å². The highest BCUT2D eigenvalue weighted by atomic mass is 79.9. The highest BCUT2D eigenvalue weighted by Gasteiger charge is 2.18. The van der Waals surface area contributed by atoms with E-state index in [9.17, 15) is 4.79 Å². The summed E-state index contributed by atoms with van der Waals surface area (Å²) in [5.74, 6) is 0.0622. The van der Waals surface area contributed by atoms with Gasteiger partial charge in [-0.2, -0.15) is 0 Å². The molecule has 2 aromatic carbocycles. The Morgan fingerprint density at radius 3 is 2.25 bits per heavy atom. The summed E-state index contributed by atoms with van der Waals surface area (Å²) in [4.78, 5) is 12.4. The molecule has 0 aliphatic rings. The quantitative estimate of drug-likeness (QED) is 0.689. The zero-order chi connectivity index (χ0) is 14.8. The Hall–Kier alpha value is -1.41. The van der Waals surface area contributed by atoms with Crippen LogP contribution in [0.3, 0.4) is 0 Å². The summed E-state index contributed by atoms with van der Waals surface area (Å²) in [7, 11) is 0. The van der Waals surface area contributed by atoms with Crippen molar-refractivity contribution in [3.8, 4) is 0 Å². The first kappa shape index (κ1) is 15.0. The zero-order valence-electron chi connectivity index (χ0n) is 12.1. The normalized spacial score (nSPS) is 11.4. The molecule has 0 heterocycles. The molecule has 20 heavy (non-hydrogen) atoms. The van der Waals surface area contributed by atoms with Crippen LogP contribution in [0.15, 0.2) is 53.0 Å². The predicted molar refractivity (Wildman–Crippen MR) is 87.3 cm³/mol. The molecule has 104 valence electrons. The van der Waals surface area contributed by atoms with Gasteiger partial charge in [0.25, 0.3) is 0 Å². The van der Waals surface area contributed by atoms with Gasteiger partial charge in [0, 0.05) is 15.6 Å². The molecule has 0 aromatic heterocycles. The lowest BCUT2D eigenvalue weighted by atomic mass is 9.82. The first-order valence-electron chi connectivity index (χ1n) is 6.85. The number of benzene rings is 2. The molecule has 0 saturated carbocycles. The number of rotatable bonds is 4. The molecule has 0 saturated heterocycles. The van der Waals surface area contributed by atoms with Gasteiger partial charge >= 0.3 is 0 Å². The first-order chi connectivity index (χ1) is 9.44. The minimum Gasteiger partial charge on any atom is -0.289 e. The van der Waals surface area contributed by atoms with Gasteiger partial charge in [-0.1, -0.05) is 73.1 Å². The number of hydrogen-bond acceptors (Lipinski definition) is 1. The summed E-state index contributed by atoms with van der Waals surface area (Å²) < 4.78 is 0.923. The topological polar surface area (TPSA) is 17.1 Å². The van der Waals surface area contributed by atoms with Crippen molar-refractivity contribution in [2.75, 3.05) is 0 Å². The molecule has 0 aliphatic carbocycles. The standard InChI is InChI=1S/C18H19BrO/c1-4-18(2,3)15-10-8-13(9-11-15)17(20)14-6-5-7-16(19)12-14/h5-12H,4H2,1-3H3. The van der Waals surface area contributed by atoms with Gasteiger partial charge in [-0.3, -0.25) is 4.79 Å². The minimum atomic E-state index is 0.0622. The van der Waals surface area contributed by atoms with E-state index in [-0.39, 0.29) is 11.2 Å². The molecule has 2 heteroatoms. The van der Waals surface area contributed by atoms with E-state index in [1.807, 2.05) is 36.4 Å². The lowest BCUT2D eigenvalue weighted by Crippen LogP contribution is -2.15. The summed E-state index contributed by atoms with van der Waals surface area (Å²) in [6.07, 6.45) is 1.08. The van der Waals surface area contributed by atoms with Crippen LogP contribution >= 0.6 is 15.9 Å². The Kier molecular flexibility index (Phi) is 4.44. The molecule has 0 amide bonds. The van der Waals surface area contributed by atoms with Gasteiger partial charge < -0.3 is 0 Å². The maximum Gasteiger partial charge on any atom is 0.193 e. The molecule has 0 aliphatic heterocycles. The molecular weight excluding hydrogens is 312 g/mol. The van der Waals surface area contributed by atoms with Gasteiger partial charge in [-0.15, -0.1) is 0 Å². The molecule has 0 spiro atoms. The van der Waals surface area contributed by atoms with Gasteiger partial charge in [0.05, 0.1) is 0 Å². The van der Waals surface area contributed by atoms with Crippen LogP contribution in [0.4, 0.5) is 0 Å². The van der Waals surface area contributed by atoms with E-state index in [1.165, 1.54) is 5.56 Å². The van der Waals surface area contributed by atoms with Crippen molar-refractivity contribution in [1.82, 2.24) is 0 Å². The molecule has 0 fully saturated rings. The van der Waals surface area contributed by atoms with Crippen LogP contribution in [-0.4, -0.2) is 5.78 Å². The number of hydrogen-bond donors (Lipinski definition) is 0. The van der Waals surface area contributed by atoms with Gasteiger partial charge in [-0.25, -0.2) is 0 Å². The average molecular weight is 331 g/mol. The molecule has 0 unspecified atom stereocenters. The molecule has 0 bridgehead atoms. The van der Waals surface area contributed by atoms with Gasteiger partial charge in [0.1, 0.15) is 0 Å². The number of ketones is 1. The molecule has 0 atom stereocenters. The maximum absolute atomic E-state index is 12.4. The summed E-state index contributed by atoms with van der Waals surface area (Å²) in [5, 5.41) is 0. The summed E-state index contributed by atoms with van der Waals surface area (Å²) in [5.41, 5.74) is 2.86. The summed E-state index contributed by atoms with van der Waals surface area (Å²) >= 11 is 3.40. The fourth-order valence-corrected chi connectivity index (χ4v) is 2.47. The molecular formula is C18H19BrO. The van der Waals surface area contributed by atoms with Gasteiger partial charge in [-0.05, 0) is 29.5 Å². The fraction of sp³-hybridized carbons (Fsp3) is 0.278. The summed E-state index contributed by atoms with van der Waals surface area (Å²) in [6, 6.07) is 15.5. The van der Waals surface area contributed by atoms with Crippen LogP contribution in [0, 0.1) is 0 Å². The second-order valence-corrected chi connectivity index (χ2v) is 6.57. The van der Waals surface area contributed by atoms with Crippen molar-refractivity contribution >= 4 is 21.7 Å². The van der Waals surface area contributed by atoms with Gasteiger partial charge in [0.2, 0.25) is 0 Å². The molecule has 0 radical (unpaired) electrons. The zero-order valence-corrected chi connectivity index (χ0v) is 13.7. The van der Waals surface area contributed by atoms with E-state index in [4.69, 9.17) is 0 Å². The smallest absolute Gasteiger partial charge is 0.193 e. The third kappa shape index (κ3) is 3.18. The van der Waals surface area contributed by atoms with E-state index in [2.05, 4.69) is 48.8 Å². The first-order valence-corrected chi connectivity index (χ1v) is 7.64. The van der Waals surface area contributed by atoms with Crippen molar-refractivity contribution < 1.29 is 4.79 Å². The van der Waals surface area contributed by atoms with E-state index in [0.29, 0.717) is 5.56 Å². The van der Waals surface area contributed by atoms with Crippen molar-refractivity contribution in [2.45, 2.75) is 32.6 Å². The lowest BCUT2D eigenvalue weighted by Gasteiger charge is -2.23. The Balaban J connectivity index is 2.29. The third-order valence-corrected chi connectivity index (χ3v) is 4.39. The highest BCUT2D eigenvalue weighted by molar-refractivity contribution is 9.10. The number of halogens is 1. The molecule has 2 aromatic rings. The van der Waals surface area contributed by atoms with Crippen molar-refractivity contribution in [1.29, 1.82) is 0 Å². The Morgan fingerprint density at radius 2 is 1.70 bits per heavy atom. The SMILES string of the molecule is CCC(C)(C)c1ccc(C(=O)c2cccc(Br)c2)cc1. The van der Waals surface area contributed by atoms with Crippen LogP contribution in [0.1, 0.15) is 48.7 Å². The van der Waals surface area contributed by atoms with E-state index < -0.39 is 0 Å². The Bertz CT molecular complexity index is 612. The molecule has 0 N–H and O–H groups in total. The second-order valence-electron chi connectivity index (χ2n) is 5.65. The van der Waals surface area contributed by atoms with Gasteiger partial charge in [0.15, 0.2) is 5.78 Å². The van der Waals surface area contributed by atoms with Crippen LogP contribution in [0.2, 0.25) is 0 Å². The highest BCUT2D eigenvalue weighted by Crippen LogP contribution is 2.27. The van der Waals surface area contributed by atoms with Crippen molar-refractivity contribution in [3.63, 3.8) is 0 Å². The van der Waals surface area contributed by atoms with Crippen molar-refractivity contribution in [3.05, 3.63) is 69.7 Å². The van der Waals surface area contributed by atoms with E-state index >= 15 is 0 Å². The van der Waals surface area contributed by atoms with Crippen LogP contribution < -0.4 is 0 Å². The summed E-state index contributed by atoms with van der Waals surface area (Å²) in [6.45, 7) is 6.62.